The van der Waals surface area contributed by atoms with Crippen molar-refractivity contribution in [3.8, 4) is 0 Å². The molecule has 0 bridgehead atoms. The van der Waals surface area contributed by atoms with Crippen LogP contribution < -0.4 is 11.5 Å². The molecule has 5 N–H and O–H groups in total. The average molecular weight is 526 g/mol. The maximum absolute atomic E-state index is 14.1. The molecule has 0 heterocycles. The number of carbonyl (C=O) groups excluding carboxylic acids is 3. The van der Waals surface area contributed by atoms with Gasteiger partial charge in [-0.2, -0.15) is 0 Å². The molecule has 2 aromatic rings. The van der Waals surface area contributed by atoms with Crippen molar-refractivity contribution in [3.63, 3.8) is 0 Å². The van der Waals surface area contributed by atoms with Crippen molar-refractivity contribution in [3.05, 3.63) is 71.8 Å². The smallest absolute Gasteiger partial charge is 0.417 e. The summed E-state index contributed by atoms with van der Waals surface area (Å²) < 4.78 is 5.55. The Morgan fingerprint density at radius 3 is 1.89 bits per heavy atom. The maximum atomic E-state index is 14.1. The number of amides is 3. The molecule has 0 aromatic heterocycles. The van der Waals surface area contributed by atoms with Crippen molar-refractivity contribution in [2.75, 3.05) is 0 Å². The summed E-state index contributed by atoms with van der Waals surface area (Å²) in [6, 6.07) is 17.0. The molecule has 0 fully saturated rings. The Morgan fingerprint density at radius 1 is 0.947 bits per heavy atom. The lowest BCUT2D eigenvalue weighted by Crippen LogP contribution is -2.57. The quantitative estimate of drug-likeness (QED) is 0.385. The van der Waals surface area contributed by atoms with Crippen LogP contribution in [0.25, 0.3) is 0 Å². The van der Waals surface area contributed by atoms with Gasteiger partial charge in [-0.25, -0.2) is 9.69 Å². The summed E-state index contributed by atoms with van der Waals surface area (Å²) in [6.45, 7) is 8.67. The van der Waals surface area contributed by atoms with Crippen LogP contribution in [0.2, 0.25) is 0 Å². The lowest BCUT2D eigenvalue weighted by atomic mass is 9.87. The summed E-state index contributed by atoms with van der Waals surface area (Å²) in [5.74, 6) is -2.67. The van der Waals surface area contributed by atoms with Gasteiger partial charge in [0.15, 0.2) is 0 Å². The van der Waals surface area contributed by atoms with Crippen LogP contribution in [0.5, 0.6) is 0 Å². The largest absolute Gasteiger partial charge is 0.443 e. The summed E-state index contributed by atoms with van der Waals surface area (Å²) in [5.41, 5.74) is 13.0. The summed E-state index contributed by atoms with van der Waals surface area (Å²) in [7, 11) is 0. The Hall–Kier alpha value is -3.23. The number of hydrogen-bond donors (Lipinski definition) is 3. The highest BCUT2D eigenvalue weighted by Gasteiger charge is 2.42. The molecule has 3 amide bonds. The van der Waals surface area contributed by atoms with E-state index in [1.54, 1.807) is 27.7 Å². The number of imide groups is 1. The molecular weight excluding hydrogens is 482 g/mol. The number of aliphatic hydroxyl groups is 1. The van der Waals surface area contributed by atoms with Crippen molar-refractivity contribution in [1.29, 1.82) is 0 Å². The second-order valence-electron chi connectivity index (χ2n) is 11.0. The first-order valence-corrected chi connectivity index (χ1v) is 13.2. The van der Waals surface area contributed by atoms with Gasteiger partial charge in [-0.1, -0.05) is 80.9 Å². The number of rotatable bonds is 12. The van der Waals surface area contributed by atoms with Gasteiger partial charge >= 0.3 is 6.09 Å². The van der Waals surface area contributed by atoms with Gasteiger partial charge in [-0.15, -0.1) is 0 Å². The van der Waals surface area contributed by atoms with Gasteiger partial charge in [0.25, 0.3) is 0 Å². The van der Waals surface area contributed by atoms with E-state index in [1.165, 1.54) is 0 Å². The summed E-state index contributed by atoms with van der Waals surface area (Å²) >= 11 is 0. The first-order chi connectivity index (χ1) is 17.8. The number of nitrogens with zero attached hydrogens (tertiary/aromatic N) is 1. The Morgan fingerprint density at radius 2 is 1.45 bits per heavy atom. The Balaban J connectivity index is 2.44. The van der Waals surface area contributed by atoms with Gasteiger partial charge in [0.1, 0.15) is 11.6 Å². The summed E-state index contributed by atoms with van der Waals surface area (Å²) in [5, 5.41) is 11.1. The van der Waals surface area contributed by atoms with Crippen LogP contribution in [0.15, 0.2) is 60.7 Å². The van der Waals surface area contributed by atoms with Crippen LogP contribution in [-0.4, -0.2) is 51.7 Å². The van der Waals surface area contributed by atoms with E-state index in [0.717, 1.165) is 16.0 Å². The monoisotopic (exact) mass is 525 g/mol. The Labute approximate surface area is 226 Å². The van der Waals surface area contributed by atoms with Crippen LogP contribution in [0, 0.1) is 11.8 Å². The molecule has 38 heavy (non-hydrogen) atoms. The first-order valence-electron chi connectivity index (χ1n) is 13.2. The zero-order chi connectivity index (χ0) is 28.5. The lowest BCUT2D eigenvalue weighted by molar-refractivity contribution is -0.144. The molecule has 8 heteroatoms. The van der Waals surface area contributed by atoms with Crippen molar-refractivity contribution < 1.29 is 24.2 Å². The topological polar surface area (TPSA) is 136 Å². The fourth-order valence-corrected chi connectivity index (χ4v) is 4.39. The minimum Gasteiger partial charge on any atom is -0.443 e. The van der Waals surface area contributed by atoms with Gasteiger partial charge in [0, 0.05) is 12.0 Å². The maximum Gasteiger partial charge on any atom is 0.417 e. The molecule has 0 spiro atoms. The number of benzene rings is 2. The third kappa shape index (κ3) is 9.26. The molecule has 0 aliphatic carbocycles. The number of nitrogens with two attached hydrogens (primary N) is 2. The minimum atomic E-state index is -1.20. The predicted molar refractivity (Wildman–Crippen MR) is 148 cm³/mol. The average Bonchev–Trinajstić information content (AvgIpc) is 2.85. The van der Waals surface area contributed by atoms with Gasteiger partial charge < -0.3 is 21.3 Å². The van der Waals surface area contributed by atoms with E-state index in [1.807, 2.05) is 67.6 Å². The molecule has 0 aliphatic heterocycles. The SMILES string of the molecule is CC[C@H](C)[C@H](C(N)=O)N(C(=O)OC(C)(C)C)C(=O)C(Cc1ccccc1)C[C@H](O)[C@@H](N)Cc1ccccc1. The van der Waals surface area contributed by atoms with E-state index < -0.39 is 53.5 Å². The number of hydrogen-bond acceptors (Lipinski definition) is 6. The molecule has 0 saturated heterocycles. The minimum absolute atomic E-state index is 0.00693. The number of carbonyl (C=O) groups is 3. The van der Waals surface area contributed by atoms with Crippen LogP contribution in [-0.2, 0) is 27.2 Å². The lowest BCUT2D eigenvalue weighted by Gasteiger charge is -2.36. The van der Waals surface area contributed by atoms with Crippen molar-refractivity contribution >= 4 is 17.9 Å². The van der Waals surface area contributed by atoms with Gasteiger partial charge in [0.05, 0.1) is 6.10 Å². The molecule has 0 radical (unpaired) electrons. The van der Waals surface area contributed by atoms with Crippen molar-refractivity contribution in [1.82, 2.24) is 4.90 Å². The third-order valence-corrected chi connectivity index (χ3v) is 6.59. The fourth-order valence-electron chi connectivity index (χ4n) is 4.39. The standard InChI is InChI=1S/C30H43N3O5/c1-6-20(2)26(27(32)35)33(29(37)38-30(3,4)5)28(36)23(17-21-13-9-7-10-14-21)19-25(34)24(31)18-22-15-11-8-12-16-22/h7-16,20,23-26,34H,6,17-19,31H2,1-5H3,(H2,32,35)/t20-,23?,24-,25-,26+/m0/s1. The van der Waals surface area contributed by atoms with Crippen LogP contribution in [0.1, 0.15) is 58.6 Å². The highest BCUT2D eigenvalue weighted by molar-refractivity contribution is 5.99. The summed E-state index contributed by atoms with van der Waals surface area (Å²) in [6.07, 6.45) is -0.820. The molecule has 1 unspecified atom stereocenters. The van der Waals surface area contributed by atoms with E-state index in [2.05, 4.69) is 0 Å². The third-order valence-electron chi connectivity index (χ3n) is 6.59. The Kier molecular flexibility index (Phi) is 11.5. The van der Waals surface area contributed by atoms with E-state index in [0.29, 0.717) is 12.8 Å². The number of ether oxygens (including phenoxy) is 1. The fraction of sp³-hybridized carbons (Fsp3) is 0.500. The predicted octanol–water partition coefficient (Wildman–Crippen LogP) is 3.83. The number of primary amides is 1. The molecule has 8 nitrogen and oxygen atoms in total. The number of aliphatic hydroxyl groups excluding tert-OH is 1. The second-order valence-corrected chi connectivity index (χ2v) is 11.0. The van der Waals surface area contributed by atoms with Crippen molar-refractivity contribution in [2.24, 2.45) is 23.3 Å². The van der Waals surface area contributed by atoms with Crippen molar-refractivity contribution in [2.45, 2.75) is 84.1 Å². The molecule has 0 aliphatic rings. The highest BCUT2D eigenvalue weighted by atomic mass is 16.6. The van der Waals surface area contributed by atoms with Crippen LogP contribution in [0.3, 0.4) is 0 Å². The molecule has 2 aromatic carbocycles. The summed E-state index contributed by atoms with van der Waals surface area (Å²) in [4.78, 5) is 40.9. The van der Waals surface area contributed by atoms with Gasteiger partial charge in [-0.05, 0) is 57.1 Å². The van der Waals surface area contributed by atoms with Crippen LogP contribution >= 0.6 is 0 Å². The molecule has 2 rings (SSSR count). The van der Waals surface area contributed by atoms with E-state index in [9.17, 15) is 19.5 Å². The molecule has 5 atom stereocenters. The zero-order valence-corrected chi connectivity index (χ0v) is 23.2. The van der Waals surface area contributed by atoms with E-state index >= 15 is 0 Å². The second kappa shape index (κ2) is 14.1. The molecular formula is C30H43N3O5. The van der Waals surface area contributed by atoms with Gasteiger partial charge in [-0.3, -0.25) is 9.59 Å². The highest BCUT2D eigenvalue weighted by Crippen LogP contribution is 2.26. The molecule has 0 saturated carbocycles. The van der Waals surface area contributed by atoms with E-state index in [-0.39, 0.29) is 12.8 Å². The Bertz CT molecular complexity index is 1040. The van der Waals surface area contributed by atoms with E-state index in [4.69, 9.17) is 16.2 Å². The van der Waals surface area contributed by atoms with Gasteiger partial charge in [0.2, 0.25) is 11.8 Å². The normalized spacial score (nSPS) is 15.6. The van der Waals surface area contributed by atoms with Crippen LogP contribution in [0.4, 0.5) is 4.79 Å². The zero-order valence-electron chi connectivity index (χ0n) is 23.2. The first kappa shape index (κ1) is 31.0. The molecule has 208 valence electrons.